The lowest BCUT2D eigenvalue weighted by atomic mass is 9.89. The van der Waals surface area contributed by atoms with Gasteiger partial charge in [-0.15, -0.1) is 0 Å². The number of carbonyl (C=O) groups is 2. The van der Waals surface area contributed by atoms with Crippen LogP contribution < -0.4 is 0 Å². The third-order valence-corrected chi connectivity index (χ3v) is 4.45. The normalized spacial score (nSPS) is 16.8. The van der Waals surface area contributed by atoms with Crippen LogP contribution in [0.4, 0.5) is 0 Å². The minimum atomic E-state index is -0.999. The lowest BCUT2D eigenvalue weighted by Gasteiger charge is -2.34. The Bertz CT molecular complexity index is 784. The summed E-state index contributed by atoms with van der Waals surface area (Å²) < 4.78 is 0. The molecule has 1 amide bonds. The fraction of sp³-hybridized carbons (Fsp3) is 0.300. The van der Waals surface area contributed by atoms with Crippen LogP contribution in [0.25, 0.3) is 0 Å². The van der Waals surface area contributed by atoms with E-state index in [1.807, 2.05) is 30.3 Å². The minimum absolute atomic E-state index is 0.0360. The third kappa shape index (κ3) is 3.58. The summed E-state index contributed by atoms with van der Waals surface area (Å²) in [4.78, 5) is 31.5. The highest BCUT2D eigenvalue weighted by molar-refractivity contribution is 5.96. The smallest absolute Gasteiger partial charge is 0.223 e. The van der Waals surface area contributed by atoms with E-state index in [1.165, 1.54) is 0 Å². The number of hydrogen-bond acceptors (Lipinski definition) is 4. The maximum absolute atomic E-state index is 13.3. The summed E-state index contributed by atoms with van der Waals surface area (Å²) in [6.07, 6.45) is 3.71. The second-order valence-electron chi connectivity index (χ2n) is 6.08. The largest absolute Gasteiger partial charge is 0.328 e. The Kier molecular flexibility index (Phi) is 5.20. The molecule has 3 rings (SSSR count). The number of carbonyl (C=O) groups excluding carboxylic acids is 2. The number of ketones is 1. The maximum atomic E-state index is 13.3. The second-order valence-corrected chi connectivity index (χ2v) is 6.08. The number of nitrogens with zero attached hydrogens (tertiary/aromatic N) is 3. The first-order valence-electron chi connectivity index (χ1n) is 8.41. The van der Waals surface area contributed by atoms with Crippen molar-refractivity contribution < 1.29 is 9.59 Å². The van der Waals surface area contributed by atoms with E-state index in [2.05, 4.69) is 11.1 Å². The summed E-state index contributed by atoms with van der Waals surface area (Å²) >= 11 is 0. The highest BCUT2D eigenvalue weighted by Gasteiger charge is 2.37. The number of hydrogen-bond donors (Lipinski definition) is 0. The van der Waals surface area contributed by atoms with Crippen LogP contribution in [0.1, 0.15) is 42.5 Å². The molecule has 0 spiro atoms. The number of likely N-dealkylation sites (tertiary alicyclic amines) is 1. The molecule has 0 N–H and O–H groups in total. The molecule has 2 heterocycles. The SMILES string of the molecule is N#C[C@H](C(=O)[C@@H](c1ccccc1)N1CCCCC1=O)c1ccccn1. The van der Waals surface area contributed by atoms with Crippen molar-refractivity contribution in [1.82, 2.24) is 9.88 Å². The van der Waals surface area contributed by atoms with Gasteiger partial charge < -0.3 is 4.90 Å². The minimum Gasteiger partial charge on any atom is -0.328 e. The van der Waals surface area contributed by atoms with E-state index in [0.717, 1.165) is 18.4 Å². The molecule has 0 aliphatic carbocycles. The average Bonchev–Trinajstić information content (AvgIpc) is 2.66. The topological polar surface area (TPSA) is 74.1 Å². The molecule has 2 atom stereocenters. The summed E-state index contributed by atoms with van der Waals surface area (Å²) in [5, 5.41) is 9.60. The van der Waals surface area contributed by atoms with Gasteiger partial charge in [0.25, 0.3) is 0 Å². The predicted octanol–water partition coefficient (Wildman–Crippen LogP) is 3.01. The van der Waals surface area contributed by atoms with E-state index >= 15 is 0 Å². The zero-order valence-electron chi connectivity index (χ0n) is 13.8. The van der Waals surface area contributed by atoms with Crippen LogP contribution in [-0.4, -0.2) is 28.1 Å². The number of pyridine rings is 1. The van der Waals surface area contributed by atoms with E-state index < -0.39 is 12.0 Å². The monoisotopic (exact) mass is 333 g/mol. The van der Waals surface area contributed by atoms with Crippen molar-refractivity contribution in [2.75, 3.05) is 6.54 Å². The number of nitriles is 1. The van der Waals surface area contributed by atoms with Crippen molar-refractivity contribution in [3.05, 3.63) is 66.0 Å². The Morgan fingerprint density at radius 1 is 1.12 bits per heavy atom. The Morgan fingerprint density at radius 3 is 2.52 bits per heavy atom. The van der Waals surface area contributed by atoms with Gasteiger partial charge in [0.05, 0.1) is 11.8 Å². The van der Waals surface area contributed by atoms with Crippen molar-refractivity contribution in [1.29, 1.82) is 5.26 Å². The Labute approximate surface area is 146 Å². The molecule has 2 aromatic rings. The van der Waals surface area contributed by atoms with Crippen LogP contribution in [0.3, 0.4) is 0 Å². The van der Waals surface area contributed by atoms with E-state index in [-0.39, 0.29) is 11.7 Å². The first-order chi connectivity index (χ1) is 12.2. The third-order valence-electron chi connectivity index (χ3n) is 4.45. The van der Waals surface area contributed by atoms with Gasteiger partial charge >= 0.3 is 0 Å². The van der Waals surface area contributed by atoms with Gasteiger partial charge in [-0.3, -0.25) is 14.6 Å². The average molecular weight is 333 g/mol. The van der Waals surface area contributed by atoms with Crippen LogP contribution >= 0.6 is 0 Å². The van der Waals surface area contributed by atoms with Crippen LogP contribution in [0.2, 0.25) is 0 Å². The molecule has 126 valence electrons. The van der Waals surface area contributed by atoms with Gasteiger partial charge in [0, 0.05) is 19.2 Å². The fourth-order valence-corrected chi connectivity index (χ4v) is 3.21. The van der Waals surface area contributed by atoms with Gasteiger partial charge in [-0.05, 0) is 30.5 Å². The van der Waals surface area contributed by atoms with Crippen molar-refractivity contribution >= 4 is 11.7 Å². The fourth-order valence-electron chi connectivity index (χ4n) is 3.21. The quantitative estimate of drug-likeness (QED) is 0.843. The molecular weight excluding hydrogens is 314 g/mol. The van der Waals surface area contributed by atoms with Gasteiger partial charge in [-0.25, -0.2) is 0 Å². The first kappa shape index (κ1) is 16.8. The molecule has 1 aromatic carbocycles. The highest BCUT2D eigenvalue weighted by atomic mass is 16.2. The molecule has 5 nitrogen and oxygen atoms in total. The Balaban J connectivity index is 2.00. The summed E-state index contributed by atoms with van der Waals surface area (Å²) in [5.74, 6) is -1.34. The summed E-state index contributed by atoms with van der Waals surface area (Å²) in [7, 11) is 0. The second kappa shape index (κ2) is 7.71. The van der Waals surface area contributed by atoms with Gasteiger partial charge in [0.15, 0.2) is 5.78 Å². The first-order valence-corrected chi connectivity index (χ1v) is 8.41. The van der Waals surface area contributed by atoms with Gasteiger partial charge in [0.1, 0.15) is 12.0 Å². The van der Waals surface area contributed by atoms with Crippen molar-refractivity contribution in [3.8, 4) is 6.07 Å². The lowest BCUT2D eigenvalue weighted by Crippen LogP contribution is -2.43. The summed E-state index contributed by atoms with van der Waals surface area (Å²) in [5.41, 5.74) is 1.15. The van der Waals surface area contributed by atoms with Crippen LogP contribution in [-0.2, 0) is 9.59 Å². The van der Waals surface area contributed by atoms with E-state index in [9.17, 15) is 14.9 Å². The molecule has 1 saturated heterocycles. The molecule has 0 radical (unpaired) electrons. The molecular formula is C20H19N3O2. The lowest BCUT2D eigenvalue weighted by molar-refractivity contribution is -0.142. The van der Waals surface area contributed by atoms with E-state index in [1.54, 1.807) is 29.3 Å². The maximum Gasteiger partial charge on any atom is 0.223 e. The number of piperidine rings is 1. The molecule has 0 unspecified atom stereocenters. The van der Waals surface area contributed by atoms with Gasteiger partial charge in [0.2, 0.25) is 5.91 Å². The van der Waals surface area contributed by atoms with Gasteiger partial charge in [-0.2, -0.15) is 5.26 Å². The molecule has 1 aromatic heterocycles. The molecule has 0 bridgehead atoms. The number of Topliss-reactive ketones (excluding diaryl/α,β-unsaturated/α-hetero) is 1. The molecule has 5 heteroatoms. The van der Waals surface area contributed by atoms with Crippen LogP contribution in [0.15, 0.2) is 54.7 Å². The summed E-state index contributed by atoms with van der Waals surface area (Å²) in [6, 6.07) is 15.7. The molecule has 25 heavy (non-hydrogen) atoms. The zero-order valence-corrected chi connectivity index (χ0v) is 13.8. The molecule has 0 saturated carbocycles. The van der Waals surface area contributed by atoms with Crippen molar-refractivity contribution in [2.24, 2.45) is 0 Å². The number of benzene rings is 1. The van der Waals surface area contributed by atoms with Crippen molar-refractivity contribution in [3.63, 3.8) is 0 Å². The molecule has 1 aliphatic heterocycles. The summed E-state index contributed by atoms with van der Waals surface area (Å²) in [6.45, 7) is 0.532. The number of amides is 1. The van der Waals surface area contributed by atoms with Crippen molar-refractivity contribution in [2.45, 2.75) is 31.2 Å². The van der Waals surface area contributed by atoms with Crippen LogP contribution in [0.5, 0.6) is 0 Å². The Hall–Kier alpha value is -3.00. The predicted molar refractivity (Wildman–Crippen MR) is 92.3 cm³/mol. The van der Waals surface area contributed by atoms with Crippen LogP contribution in [0, 0.1) is 11.3 Å². The molecule has 1 aliphatic rings. The number of aromatic nitrogens is 1. The zero-order chi connectivity index (χ0) is 17.6. The number of rotatable bonds is 5. The molecule has 1 fully saturated rings. The van der Waals surface area contributed by atoms with E-state index in [4.69, 9.17) is 0 Å². The highest BCUT2D eigenvalue weighted by Crippen LogP contribution is 2.31. The van der Waals surface area contributed by atoms with E-state index in [0.29, 0.717) is 18.7 Å². The van der Waals surface area contributed by atoms with Gasteiger partial charge in [-0.1, -0.05) is 36.4 Å². The standard InChI is InChI=1S/C20H19N3O2/c21-14-16(17-10-4-6-12-22-17)20(25)19(15-8-2-1-3-9-15)23-13-7-5-11-18(23)24/h1-4,6,8-10,12,16,19H,5,7,11,13H2/t16-,19+/m0/s1. The Morgan fingerprint density at radius 2 is 1.88 bits per heavy atom.